The Morgan fingerprint density at radius 1 is 1.43 bits per heavy atom. The summed E-state index contributed by atoms with van der Waals surface area (Å²) in [6, 6.07) is 3.57. The molecule has 5 heteroatoms. The fourth-order valence-corrected chi connectivity index (χ4v) is 2.71. The first-order chi connectivity index (χ1) is 6.54. The normalized spacial score (nSPS) is 11.9. The van der Waals surface area contributed by atoms with Gasteiger partial charge in [0.1, 0.15) is 0 Å². The molecule has 0 unspecified atom stereocenters. The van der Waals surface area contributed by atoms with Gasteiger partial charge in [0, 0.05) is 20.4 Å². The predicted octanol–water partition coefficient (Wildman–Crippen LogP) is 4.26. The van der Waals surface area contributed by atoms with Crippen molar-refractivity contribution in [2.75, 3.05) is 0 Å². The van der Waals surface area contributed by atoms with Crippen LogP contribution < -0.4 is 5.73 Å². The molecule has 0 aromatic heterocycles. The minimum absolute atomic E-state index is 0.591. The molecule has 1 aromatic carbocycles. The number of nitrogens with two attached hydrogens (primary N) is 1. The van der Waals surface area contributed by atoms with Gasteiger partial charge in [0.15, 0.2) is 0 Å². The smallest absolute Gasteiger partial charge is 0.0994 e. The summed E-state index contributed by atoms with van der Waals surface area (Å²) < 4.78 is 1.65. The number of benzene rings is 1. The van der Waals surface area contributed by atoms with Crippen LogP contribution in [-0.2, 0) is 0 Å². The van der Waals surface area contributed by atoms with E-state index in [-0.39, 0.29) is 0 Å². The van der Waals surface area contributed by atoms with Crippen molar-refractivity contribution in [3.63, 3.8) is 0 Å². The predicted molar refractivity (Wildman–Crippen MR) is 68.4 cm³/mol. The quantitative estimate of drug-likeness (QED) is 0.634. The highest BCUT2D eigenvalue weighted by Gasteiger charge is 2.06. The third kappa shape index (κ3) is 2.97. The van der Waals surface area contributed by atoms with Gasteiger partial charge in [0.05, 0.1) is 11.5 Å². The highest BCUT2D eigenvalue weighted by Crippen LogP contribution is 2.36. The van der Waals surface area contributed by atoms with E-state index in [1.807, 2.05) is 6.92 Å². The molecular weight excluding hydrogens is 331 g/mol. The monoisotopic (exact) mass is 338 g/mol. The lowest BCUT2D eigenvalue weighted by molar-refractivity contribution is 1.23. The molecule has 0 aliphatic heterocycles. The molecule has 0 fully saturated rings. The van der Waals surface area contributed by atoms with Crippen LogP contribution in [0.1, 0.15) is 13.3 Å². The van der Waals surface area contributed by atoms with Crippen molar-refractivity contribution in [1.29, 1.82) is 0 Å². The average Bonchev–Trinajstić information content (AvgIpc) is 2.10. The Morgan fingerprint density at radius 2 is 1.93 bits per heavy atom. The summed E-state index contributed by atoms with van der Waals surface area (Å²) in [6.07, 6.45) is 0.724. The number of rotatable bonds is 2. The fraction of sp³-hybridized carbons (Fsp3) is 0.222. The van der Waals surface area contributed by atoms with Gasteiger partial charge in [0.25, 0.3) is 0 Å². The maximum Gasteiger partial charge on any atom is 0.0994 e. The van der Waals surface area contributed by atoms with E-state index in [9.17, 15) is 0 Å². The summed E-state index contributed by atoms with van der Waals surface area (Å²) in [5.74, 6) is 0.591. The molecule has 0 aliphatic rings. The highest BCUT2D eigenvalue weighted by molar-refractivity contribution is 9.11. The van der Waals surface area contributed by atoms with Gasteiger partial charge < -0.3 is 5.73 Å². The van der Waals surface area contributed by atoms with Crippen LogP contribution in [0.5, 0.6) is 0 Å². The van der Waals surface area contributed by atoms with Crippen molar-refractivity contribution in [3.8, 4) is 0 Å². The van der Waals surface area contributed by atoms with Gasteiger partial charge in [-0.05, 0) is 44.0 Å². The zero-order valence-electron chi connectivity index (χ0n) is 7.52. The minimum Gasteiger partial charge on any atom is -0.387 e. The van der Waals surface area contributed by atoms with Gasteiger partial charge in [0.2, 0.25) is 0 Å². The van der Waals surface area contributed by atoms with E-state index in [1.54, 1.807) is 12.1 Å². The Kier molecular flexibility index (Phi) is 4.41. The van der Waals surface area contributed by atoms with Crippen molar-refractivity contribution in [1.82, 2.24) is 0 Å². The van der Waals surface area contributed by atoms with Gasteiger partial charge in [-0.1, -0.05) is 18.5 Å². The molecule has 0 spiro atoms. The molecule has 0 saturated heterocycles. The Labute approximate surface area is 105 Å². The average molecular weight is 340 g/mol. The van der Waals surface area contributed by atoms with Gasteiger partial charge in [-0.2, -0.15) is 0 Å². The first-order valence-electron chi connectivity index (χ1n) is 4.02. The Bertz CT molecular complexity index is 354. The molecule has 0 atom stereocenters. The van der Waals surface area contributed by atoms with Gasteiger partial charge in [-0.15, -0.1) is 0 Å². The van der Waals surface area contributed by atoms with Crippen molar-refractivity contribution in [2.24, 2.45) is 10.7 Å². The summed E-state index contributed by atoms with van der Waals surface area (Å²) in [5, 5.41) is 0.651. The molecule has 0 bridgehead atoms. The maximum atomic E-state index is 5.85. The molecule has 0 aliphatic carbocycles. The van der Waals surface area contributed by atoms with Crippen LogP contribution in [0.3, 0.4) is 0 Å². The lowest BCUT2D eigenvalue weighted by atomic mass is 10.3. The second kappa shape index (κ2) is 5.14. The number of nitrogens with zero attached hydrogens (tertiary/aromatic N) is 1. The maximum absolute atomic E-state index is 5.85. The van der Waals surface area contributed by atoms with Gasteiger partial charge in [-0.3, -0.25) is 0 Å². The van der Waals surface area contributed by atoms with Crippen LogP contribution >= 0.6 is 43.5 Å². The number of hydrogen-bond acceptors (Lipinski definition) is 1. The largest absolute Gasteiger partial charge is 0.387 e. The topological polar surface area (TPSA) is 38.4 Å². The van der Waals surface area contributed by atoms with Crippen LogP contribution in [0, 0.1) is 0 Å². The number of hydrogen-bond donors (Lipinski definition) is 1. The first-order valence-corrected chi connectivity index (χ1v) is 5.98. The molecule has 0 amide bonds. The fourth-order valence-electron chi connectivity index (χ4n) is 0.864. The molecule has 0 saturated carbocycles. The second-order valence-corrected chi connectivity index (χ2v) is 4.82. The van der Waals surface area contributed by atoms with Crippen molar-refractivity contribution < 1.29 is 0 Å². The summed E-state index contributed by atoms with van der Waals surface area (Å²) in [5.41, 5.74) is 6.43. The number of aliphatic imine (C=N–C) groups is 1. The van der Waals surface area contributed by atoms with E-state index < -0.39 is 0 Å². The Hall–Kier alpha value is -0.0600. The van der Waals surface area contributed by atoms with Crippen LogP contribution in [0.25, 0.3) is 0 Å². The van der Waals surface area contributed by atoms with Crippen molar-refractivity contribution >= 4 is 55.0 Å². The van der Waals surface area contributed by atoms with Crippen LogP contribution in [0.15, 0.2) is 26.1 Å². The SMILES string of the molecule is CCC(N)=Nc1c(Br)cc(Cl)cc1Br. The molecule has 0 heterocycles. The first kappa shape index (κ1) is 12.0. The summed E-state index contributed by atoms with van der Waals surface area (Å²) >= 11 is 12.6. The van der Waals surface area contributed by atoms with Crippen molar-refractivity contribution in [2.45, 2.75) is 13.3 Å². The van der Waals surface area contributed by atoms with E-state index in [1.165, 1.54) is 0 Å². The van der Waals surface area contributed by atoms with Gasteiger partial charge >= 0.3 is 0 Å². The van der Waals surface area contributed by atoms with E-state index in [4.69, 9.17) is 17.3 Å². The Morgan fingerprint density at radius 3 is 2.36 bits per heavy atom. The minimum atomic E-state index is 0.591. The van der Waals surface area contributed by atoms with E-state index >= 15 is 0 Å². The molecule has 2 nitrogen and oxygen atoms in total. The molecule has 2 N–H and O–H groups in total. The molecule has 0 radical (unpaired) electrons. The standard InChI is InChI=1S/C9H9Br2ClN2/c1-2-8(13)14-9-6(10)3-5(12)4-7(9)11/h3-4H,2H2,1H3,(H2,13,14). The number of amidine groups is 1. The van der Waals surface area contributed by atoms with E-state index in [0.717, 1.165) is 21.1 Å². The third-order valence-corrected chi connectivity index (χ3v) is 3.03. The summed E-state index contributed by atoms with van der Waals surface area (Å²) in [4.78, 5) is 4.26. The molecule has 1 rings (SSSR count). The van der Waals surface area contributed by atoms with E-state index in [0.29, 0.717) is 10.9 Å². The molecule has 1 aromatic rings. The lowest BCUT2D eigenvalue weighted by Gasteiger charge is -2.04. The second-order valence-electron chi connectivity index (χ2n) is 2.67. The molecule has 14 heavy (non-hydrogen) atoms. The molecular formula is C9H9Br2ClN2. The zero-order valence-corrected chi connectivity index (χ0v) is 11.4. The van der Waals surface area contributed by atoms with Crippen LogP contribution in [0.4, 0.5) is 5.69 Å². The van der Waals surface area contributed by atoms with Crippen LogP contribution in [-0.4, -0.2) is 5.84 Å². The number of halogens is 3. The summed E-state index contributed by atoms with van der Waals surface area (Å²) in [6.45, 7) is 1.95. The van der Waals surface area contributed by atoms with Crippen molar-refractivity contribution in [3.05, 3.63) is 26.1 Å². The highest BCUT2D eigenvalue weighted by atomic mass is 79.9. The zero-order chi connectivity index (χ0) is 10.7. The third-order valence-electron chi connectivity index (χ3n) is 1.60. The van der Waals surface area contributed by atoms with Crippen LogP contribution in [0.2, 0.25) is 5.02 Å². The molecule has 76 valence electrons. The van der Waals surface area contributed by atoms with E-state index in [2.05, 4.69) is 36.9 Å². The lowest BCUT2D eigenvalue weighted by Crippen LogP contribution is -2.08. The summed E-state index contributed by atoms with van der Waals surface area (Å²) in [7, 11) is 0. The Balaban J connectivity index is 3.21. The van der Waals surface area contributed by atoms with Gasteiger partial charge in [-0.25, -0.2) is 4.99 Å².